The predicted molar refractivity (Wildman–Crippen MR) is 76.2 cm³/mol. The summed E-state index contributed by atoms with van der Waals surface area (Å²) >= 11 is 8.87. The minimum atomic E-state index is -0.104. The number of carbonyl (C=O) groups excluding carboxylic acids is 1. The number of halogens is 1. The highest BCUT2D eigenvalue weighted by atomic mass is 35.5. The van der Waals surface area contributed by atoms with E-state index in [0.717, 1.165) is 24.6 Å². The molecule has 2 aromatic heterocycles. The van der Waals surface area contributed by atoms with Gasteiger partial charge in [-0.1, -0.05) is 0 Å². The highest BCUT2D eigenvalue weighted by Crippen LogP contribution is 2.29. The maximum absolute atomic E-state index is 11.5. The number of hydrogen-bond donors (Lipinski definition) is 0. The molecular weight excluding hydrogens is 288 g/mol. The van der Waals surface area contributed by atoms with Gasteiger partial charge in [-0.15, -0.1) is 34.3 Å². The fourth-order valence-corrected chi connectivity index (χ4v) is 3.90. The van der Waals surface area contributed by atoms with Crippen molar-refractivity contribution in [3.8, 4) is 0 Å². The van der Waals surface area contributed by atoms with Gasteiger partial charge in [-0.05, 0) is 23.4 Å². The Hall–Kier alpha value is -0.910. The Balaban J connectivity index is 1.80. The third kappa shape index (κ3) is 2.18. The molecule has 0 fully saturated rings. The second-order valence-corrected chi connectivity index (χ2v) is 6.22. The second-order valence-electron chi connectivity index (χ2n) is 4.11. The number of anilines is 1. The van der Waals surface area contributed by atoms with Gasteiger partial charge in [0, 0.05) is 23.3 Å². The van der Waals surface area contributed by atoms with Crippen molar-refractivity contribution >= 4 is 45.2 Å². The SMILES string of the molecule is O=C(CCl)c1csc(N2CCc3sccc3C2)n1. The topological polar surface area (TPSA) is 33.2 Å². The minimum Gasteiger partial charge on any atom is -0.343 e. The smallest absolute Gasteiger partial charge is 0.196 e. The standard InChI is InChI=1S/C12H11ClN2OS2/c13-5-10(16)9-7-18-12(14-9)15-3-1-11-8(6-15)2-4-17-11/h2,4,7H,1,3,5-6H2. The van der Waals surface area contributed by atoms with Gasteiger partial charge in [-0.3, -0.25) is 4.79 Å². The molecule has 18 heavy (non-hydrogen) atoms. The van der Waals surface area contributed by atoms with Gasteiger partial charge in [0.25, 0.3) is 0 Å². The van der Waals surface area contributed by atoms with E-state index in [-0.39, 0.29) is 11.7 Å². The Morgan fingerprint density at radius 2 is 2.39 bits per heavy atom. The van der Waals surface area contributed by atoms with E-state index in [9.17, 15) is 4.79 Å². The molecule has 0 spiro atoms. The molecule has 6 heteroatoms. The van der Waals surface area contributed by atoms with Gasteiger partial charge in [0.05, 0.1) is 5.88 Å². The summed E-state index contributed by atoms with van der Waals surface area (Å²) in [5, 5.41) is 4.85. The molecule has 0 bridgehead atoms. The fraction of sp³-hybridized carbons (Fsp3) is 0.333. The Morgan fingerprint density at radius 1 is 1.50 bits per heavy atom. The zero-order valence-electron chi connectivity index (χ0n) is 9.56. The first-order chi connectivity index (χ1) is 8.78. The Labute approximate surface area is 118 Å². The van der Waals surface area contributed by atoms with Crippen molar-refractivity contribution in [1.82, 2.24) is 4.98 Å². The van der Waals surface area contributed by atoms with Crippen LogP contribution in [0.4, 0.5) is 5.13 Å². The van der Waals surface area contributed by atoms with Crippen molar-refractivity contribution in [2.45, 2.75) is 13.0 Å². The van der Waals surface area contributed by atoms with E-state index in [1.807, 2.05) is 11.3 Å². The molecule has 3 heterocycles. The summed E-state index contributed by atoms with van der Waals surface area (Å²) in [6.45, 7) is 1.86. The zero-order valence-corrected chi connectivity index (χ0v) is 11.9. The number of hydrogen-bond acceptors (Lipinski definition) is 5. The van der Waals surface area contributed by atoms with Crippen molar-refractivity contribution in [3.05, 3.63) is 33.0 Å². The van der Waals surface area contributed by atoms with Crippen LogP contribution in [-0.2, 0) is 13.0 Å². The maximum atomic E-state index is 11.5. The molecule has 0 radical (unpaired) electrons. The molecule has 0 unspecified atom stereocenters. The number of aromatic nitrogens is 1. The number of ketones is 1. The highest BCUT2D eigenvalue weighted by molar-refractivity contribution is 7.14. The lowest BCUT2D eigenvalue weighted by Gasteiger charge is -2.26. The van der Waals surface area contributed by atoms with Crippen LogP contribution in [0.15, 0.2) is 16.8 Å². The van der Waals surface area contributed by atoms with Crippen LogP contribution < -0.4 is 4.90 Å². The summed E-state index contributed by atoms with van der Waals surface area (Å²) in [4.78, 5) is 19.5. The maximum Gasteiger partial charge on any atom is 0.196 e. The van der Waals surface area contributed by atoms with Crippen molar-refractivity contribution in [3.63, 3.8) is 0 Å². The van der Waals surface area contributed by atoms with Gasteiger partial charge in [-0.2, -0.15) is 0 Å². The number of nitrogens with zero attached hydrogens (tertiary/aromatic N) is 2. The zero-order chi connectivity index (χ0) is 12.5. The van der Waals surface area contributed by atoms with Gasteiger partial charge < -0.3 is 4.90 Å². The average molecular weight is 299 g/mol. The van der Waals surface area contributed by atoms with E-state index in [1.54, 1.807) is 5.38 Å². The highest BCUT2D eigenvalue weighted by Gasteiger charge is 2.20. The molecule has 0 saturated heterocycles. The fourth-order valence-electron chi connectivity index (χ4n) is 2.02. The van der Waals surface area contributed by atoms with E-state index in [1.165, 1.54) is 21.8 Å². The summed E-state index contributed by atoms with van der Waals surface area (Å²) in [5.41, 5.74) is 1.87. The molecule has 1 aliphatic heterocycles. The summed E-state index contributed by atoms with van der Waals surface area (Å²) in [7, 11) is 0. The molecule has 0 saturated carbocycles. The van der Waals surface area contributed by atoms with Crippen LogP contribution in [0.2, 0.25) is 0 Å². The van der Waals surface area contributed by atoms with E-state index in [4.69, 9.17) is 11.6 Å². The first-order valence-corrected chi connectivity index (χ1v) is 7.92. The quantitative estimate of drug-likeness (QED) is 0.644. The summed E-state index contributed by atoms with van der Waals surface area (Å²) < 4.78 is 0. The third-order valence-electron chi connectivity index (χ3n) is 2.98. The molecule has 0 amide bonds. The number of rotatable bonds is 3. The van der Waals surface area contributed by atoms with E-state index in [0.29, 0.717) is 5.69 Å². The summed E-state index contributed by atoms with van der Waals surface area (Å²) in [5.74, 6) is -0.106. The van der Waals surface area contributed by atoms with Crippen molar-refractivity contribution in [1.29, 1.82) is 0 Å². The van der Waals surface area contributed by atoms with Crippen LogP contribution >= 0.6 is 34.3 Å². The van der Waals surface area contributed by atoms with E-state index in [2.05, 4.69) is 21.3 Å². The van der Waals surface area contributed by atoms with Crippen LogP contribution in [0.1, 0.15) is 20.9 Å². The number of alkyl halides is 1. The van der Waals surface area contributed by atoms with Crippen molar-refractivity contribution in [2.75, 3.05) is 17.3 Å². The normalized spacial score (nSPS) is 14.6. The lowest BCUT2D eigenvalue weighted by atomic mass is 10.1. The predicted octanol–water partition coefficient (Wildman–Crippen LogP) is 3.19. The minimum absolute atomic E-state index is 0.00213. The van der Waals surface area contributed by atoms with Gasteiger partial charge >= 0.3 is 0 Å². The van der Waals surface area contributed by atoms with Crippen molar-refractivity contribution in [2.24, 2.45) is 0 Å². The first-order valence-electron chi connectivity index (χ1n) is 5.63. The van der Waals surface area contributed by atoms with Crippen LogP contribution in [0, 0.1) is 0 Å². The molecule has 3 nitrogen and oxygen atoms in total. The molecule has 94 valence electrons. The van der Waals surface area contributed by atoms with Crippen LogP contribution in [-0.4, -0.2) is 23.2 Å². The number of thiophene rings is 1. The molecule has 2 aromatic rings. The number of thiazole rings is 1. The molecule has 1 aliphatic rings. The molecule has 0 N–H and O–H groups in total. The largest absolute Gasteiger partial charge is 0.343 e. The van der Waals surface area contributed by atoms with Gasteiger partial charge in [-0.25, -0.2) is 4.98 Å². The summed E-state index contributed by atoms with van der Waals surface area (Å²) in [6.07, 6.45) is 1.06. The van der Waals surface area contributed by atoms with E-state index >= 15 is 0 Å². The molecule has 0 atom stereocenters. The van der Waals surface area contributed by atoms with Crippen molar-refractivity contribution < 1.29 is 4.79 Å². The molecule has 0 aromatic carbocycles. The van der Waals surface area contributed by atoms with Gasteiger partial charge in [0.15, 0.2) is 10.9 Å². The van der Waals surface area contributed by atoms with Gasteiger partial charge in [0.2, 0.25) is 0 Å². The van der Waals surface area contributed by atoms with Crippen LogP contribution in [0.3, 0.4) is 0 Å². The lowest BCUT2D eigenvalue weighted by Crippen LogP contribution is -2.29. The average Bonchev–Trinajstić information content (AvgIpc) is 3.05. The third-order valence-corrected chi connectivity index (χ3v) is 5.14. The monoisotopic (exact) mass is 298 g/mol. The number of Topliss-reactive ketones (excluding diaryl/α,β-unsaturated/α-hetero) is 1. The molecule has 0 aliphatic carbocycles. The molecule has 3 rings (SSSR count). The second kappa shape index (κ2) is 4.99. The Morgan fingerprint density at radius 3 is 3.22 bits per heavy atom. The lowest BCUT2D eigenvalue weighted by molar-refractivity contribution is 0.101. The van der Waals surface area contributed by atoms with Crippen LogP contribution in [0.5, 0.6) is 0 Å². The van der Waals surface area contributed by atoms with Gasteiger partial charge in [0.1, 0.15) is 5.69 Å². The number of carbonyl (C=O) groups is 1. The first kappa shape index (κ1) is 12.1. The molecular formula is C12H11ClN2OS2. The Kier molecular flexibility index (Phi) is 3.37. The summed E-state index contributed by atoms with van der Waals surface area (Å²) in [6, 6.07) is 2.17. The Bertz CT molecular complexity index is 578. The van der Waals surface area contributed by atoms with E-state index < -0.39 is 0 Å². The number of fused-ring (bicyclic) bond motifs is 1. The van der Waals surface area contributed by atoms with Crippen LogP contribution in [0.25, 0.3) is 0 Å².